The van der Waals surface area contributed by atoms with Crippen molar-refractivity contribution in [1.29, 1.82) is 0 Å². The number of benzene rings is 1. The quantitative estimate of drug-likeness (QED) is 0.363. The number of aryl methyl sites for hydroxylation is 2. The highest BCUT2D eigenvalue weighted by atomic mass is 32.1. The van der Waals surface area contributed by atoms with Gasteiger partial charge in [0.25, 0.3) is 5.91 Å². The lowest BCUT2D eigenvalue weighted by molar-refractivity contribution is 0.0997. The number of aromatic nitrogens is 1. The Morgan fingerprint density at radius 3 is 2.66 bits per heavy atom. The summed E-state index contributed by atoms with van der Waals surface area (Å²) in [6.07, 6.45) is 5.93. The van der Waals surface area contributed by atoms with E-state index in [1.54, 1.807) is 23.5 Å². The van der Waals surface area contributed by atoms with Gasteiger partial charge >= 0.3 is 0 Å². The van der Waals surface area contributed by atoms with Gasteiger partial charge in [-0.05, 0) is 68.0 Å². The van der Waals surface area contributed by atoms with Crippen molar-refractivity contribution in [2.75, 3.05) is 10.6 Å². The lowest BCUT2D eigenvalue weighted by Crippen LogP contribution is -2.18. The van der Waals surface area contributed by atoms with Crippen molar-refractivity contribution < 1.29 is 9.21 Å². The van der Waals surface area contributed by atoms with Crippen LogP contribution in [0.15, 0.2) is 71.3 Å². The summed E-state index contributed by atoms with van der Waals surface area (Å²) >= 11 is 1.69. The maximum absolute atomic E-state index is 12.9. The molecule has 5 rings (SSSR count). The van der Waals surface area contributed by atoms with Crippen molar-refractivity contribution in [3.8, 4) is 0 Å². The predicted molar refractivity (Wildman–Crippen MR) is 129 cm³/mol. The summed E-state index contributed by atoms with van der Waals surface area (Å²) in [5.74, 6) is 0.903. The van der Waals surface area contributed by atoms with Gasteiger partial charge in [0.1, 0.15) is 10.8 Å². The van der Waals surface area contributed by atoms with Gasteiger partial charge in [0.2, 0.25) is 0 Å². The number of anilines is 2. The van der Waals surface area contributed by atoms with Crippen molar-refractivity contribution in [3.05, 3.63) is 99.9 Å². The molecule has 2 N–H and O–H groups in total. The minimum absolute atomic E-state index is 0.129. The van der Waals surface area contributed by atoms with Crippen LogP contribution < -0.4 is 10.6 Å². The van der Waals surface area contributed by atoms with E-state index in [4.69, 9.17) is 4.42 Å². The molecule has 0 fully saturated rings. The van der Waals surface area contributed by atoms with Gasteiger partial charge in [-0.25, -0.2) is 4.98 Å². The molecule has 0 saturated carbocycles. The number of nitrogens with zero attached hydrogens (tertiary/aromatic N) is 1. The van der Waals surface area contributed by atoms with Crippen LogP contribution in [-0.2, 0) is 12.8 Å². The number of fused-ring (bicyclic) bond motifs is 1. The SMILES string of the molecule is Cc1cccc(N[C@H](c2ccccc2)c2c(NC(=O)c3ccco3)sc3c2CCCC3)n1. The third-order valence-corrected chi connectivity index (χ3v) is 7.01. The van der Waals surface area contributed by atoms with Crippen LogP contribution in [-0.4, -0.2) is 10.9 Å². The Labute approximate surface area is 191 Å². The van der Waals surface area contributed by atoms with Crippen molar-refractivity contribution >= 4 is 28.1 Å². The lowest BCUT2D eigenvalue weighted by Gasteiger charge is -2.24. The Kier molecular flexibility index (Phi) is 5.77. The first-order valence-corrected chi connectivity index (χ1v) is 11.7. The molecule has 0 unspecified atom stereocenters. The zero-order chi connectivity index (χ0) is 21.9. The fraction of sp³-hybridized carbons (Fsp3) is 0.231. The van der Waals surface area contributed by atoms with E-state index in [0.717, 1.165) is 46.9 Å². The Morgan fingerprint density at radius 1 is 1.03 bits per heavy atom. The fourth-order valence-electron chi connectivity index (χ4n) is 4.30. The number of carbonyl (C=O) groups excluding carboxylic acids is 1. The van der Waals surface area contributed by atoms with Gasteiger partial charge in [-0.3, -0.25) is 4.79 Å². The van der Waals surface area contributed by atoms with Crippen molar-refractivity contribution in [1.82, 2.24) is 4.98 Å². The Morgan fingerprint density at radius 2 is 1.88 bits per heavy atom. The van der Waals surface area contributed by atoms with Crippen LogP contribution in [0.1, 0.15) is 56.7 Å². The molecule has 1 amide bonds. The van der Waals surface area contributed by atoms with E-state index in [0.29, 0.717) is 5.76 Å². The third kappa shape index (κ3) is 4.18. The van der Waals surface area contributed by atoms with Gasteiger partial charge in [0.15, 0.2) is 5.76 Å². The molecule has 1 aliphatic carbocycles. The topological polar surface area (TPSA) is 67.2 Å². The first-order valence-electron chi connectivity index (χ1n) is 10.9. The molecule has 0 spiro atoms. The van der Waals surface area contributed by atoms with Crippen LogP contribution in [0.5, 0.6) is 0 Å². The van der Waals surface area contributed by atoms with Gasteiger partial charge in [0.05, 0.1) is 12.3 Å². The third-order valence-electron chi connectivity index (χ3n) is 5.79. The zero-order valence-electron chi connectivity index (χ0n) is 17.9. The Bertz CT molecular complexity index is 1220. The molecule has 162 valence electrons. The minimum atomic E-state index is -0.227. The Balaban J connectivity index is 1.61. The molecule has 0 bridgehead atoms. The van der Waals surface area contributed by atoms with E-state index in [-0.39, 0.29) is 11.9 Å². The van der Waals surface area contributed by atoms with Crippen molar-refractivity contribution in [3.63, 3.8) is 0 Å². The minimum Gasteiger partial charge on any atom is -0.459 e. The van der Waals surface area contributed by atoms with Crippen LogP contribution >= 0.6 is 11.3 Å². The van der Waals surface area contributed by atoms with Crippen LogP contribution in [0, 0.1) is 6.92 Å². The molecule has 3 aromatic heterocycles. The van der Waals surface area contributed by atoms with Gasteiger partial charge < -0.3 is 15.1 Å². The molecule has 1 atom stereocenters. The molecule has 32 heavy (non-hydrogen) atoms. The number of thiophene rings is 1. The first kappa shape index (κ1) is 20.5. The van der Waals surface area contributed by atoms with Gasteiger partial charge in [-0.15, -0.1) is 11.3 Å². The van der Waals surface area contributed by atoms with E-state index in [1.165, 1.54) is 23.1 Å². The normalized spacial score (nSPS) is 13.9. The number of pyridine rings is 1. The maximum Gasteiger partial charge on any atom is 0.291 e. The van der Waals surface area contributed by atoms with Crippen LogP contribution in [0.4, 0.5) is 10.8 Å². The first-order chi connectivity index (χ1) is 15.7. The molecule has 1 aliphatic rings. The van der Waals surface area contributed by atoms with Gasteiger partial charge in [-0.1, -0.05) is 36.4 Å². The monoisotopic (exact) mass is 443 g/mol. The Hall–Kier alpha value is -3.38. The molecule has 0 saturated heterocycles. The van der Waals surface area contributed by atoms with E-state index in [9.17, 15) is 4.79 Å². The molecule has 0 aliphatic heterocycles. The van der Waals surface area contributed by atoms with E-state index < -0.39 is 0 Å². The van der Waals surface area contributed by atoms with Crippen LogP contribution in [0.2, 0.25) is 0 Å². The summed E-state index contributed by atoms with van der Waals surface area (Å²) < 4.78 is 5.33. The van der Waals surface area contributed by atoms with Crippen LogP contribution in [0.3, 0.4) is 0 Å². The zero-order valence-corrected chi connectivity index (χ0v) is 18.7. The molecule has 5 nitrogen and oxygen atoms in total. The number of amides is 1. The van der Waals surface area contributed by atoms with Crippen molar-refractivity contribution in [2.45, 2.75) is 38.6 Å². The number of nitrogens with one attached hydrogen (secondary N) is 2. The second-order valence-corrected chi connectivity index (χ2v) is 9.14. The molecular weight excluding hydrogens is 418 g/mol. The molecule has 3 heterocycles. The summed E-state index contributed by atoms with van der Waals surface area (Å²) in [5.41, 5.74) is 4.58. The highest BCUT2D eigenvalue weighted by Gasteiger charge is 2.29. The second kappa shape index (κ2) is 9.01. The summed E-state index contributed by atoms with van der Waals surface area (Å²) in [5, 5.41) is 7.68. The highest BCUT2D eigenvalue weighted by Crippen LogP contribution is 2.44. The number of hydrogen-bond acceptors (Lipinski definition) is 5. The van der Waals surface area contributed by atoms with Crippen LogP contribution in [0.25, 0.3) is 0 Å². The standard InChI is InChI=1S/C26H25N3O2S/c1-17-9-7-15-22(27-17)28-24(18-10-3-2-4-11-18)23-19-12-5-6-14-21(19)32-26(23)29-25(30)20-13-8-16-31-20/h2-4,7-11,13,15-16,24H,5-6,12,14H2,1H3,(H,27,28)(H,29,30)/t24-/m1/s1. The number of furan rings is 1. The van der Waals surface area contributed by atoms with E-state index in [2.05, 4.69) is 27.8 Å². The lowest BCUT2D eigenvalue weighted by atomic mass is 9.89. The number of hydrogen-bond donors (Lipinski definition) is 2. The number of carbonyl (C=O) groups is 1. The average Bonchev–Trinajstić information content (AvgIpc) is 3.46. The van der Waals surface area contributed by atoms with Gasteiger partial charge in [0, 0.05) is 16.1 Å². The van der Waals surface area contributed by atoms with Gasteiger partial charge in [-0.2, -0.15) is 0 Å². The maximum atomic E-state index is 12.9. The average molecular weight is 444 g/mol. The molecule has 6 heteroatoms. The molecule has 1 aromatic carbocycles. The molecular formula is C26H25N3O2S. The summed E-state index contributed by atoms with van der Waals surface area (Å²) in [7, 11) is 0. The highest BCUT2D eigenvalue weighted by molar-refractivity contribution is 7.16. The largest absolute Gasteiger partial charge is 0.459 e. The van der Waals surface area contributed by atoms with Crippen molar-refractivity contribution in [2.24, 2.45) is 0 Å². The predicted octanol–water partition coefficient (Wildman–Crippen LogP) is 6.38. The summed E-state index contributed by atoms with van der Waals surface area (Å²) in [6, 6.07) is 19.6. The second-order valence-electron chi connectivity index (χ2n) is 8.04. The fourth-order valence-corrected chi connectivity index (χ4v) is 5.62. The molecule has 0 radical (unpaired) electrons. The summed E-state index contributed by atoms with van der Waals surface area (Å²) in [4.78, 5) is 18.9. The smallest absolute Gasteiger partial charge is 0.291 e. The molecule has 4 aromatic rings. The summed E-state index contributed by atoms with van der Waals surface area (Å²) in [6.45, 7) is 1.99. The number of rotatable bonds is 6. The van der Waals surface area contributed by atoms with E-state index in [1.807, 2.05) is 43.3 Å². The van der Waals surface area contributed by atoms with E-state index >= 15 is 0 Å².